The summed E-state index contributed by atoms with van der Waals surface area (Å²) in [5.41, 5.74) is 0.632. The fraction of sp³-hybridized carbons (Fsp3) is 0.200. The van der Waals surface area contributed by atoms with Gasteiger partial charge in [-0.25, -0.2) is 8.78 Å². The highest BCUT2D eigenvalue weighted by Gasteiger charge is 2.13. The van der Waals surface area contributed by atoms with E-state index in [1.165, 1.54) is 36.4 Å². The van der Waals surface area contributed by atoms with Crippen LogP contribution in [0.1, 0.15) is 24.0 Å². The molecule has 0 unspecified atom stereocenters. The molecule has 0 atom stereocenters. The number of hydrogen-bond donors (Lipinski definition) is 1. The Morgan fingerprint density at radius 1 is 0.451 bits per heavy atom. The molecule has 6 aromatic rings. The van der Waals surface area contributed by atoms with Gasteiger partial charge in [-0.05, 0) is 91.4 Å². The highest BCUT2D eigenvalue weighted by Crippen LogP contribution is 2.38. The van der Waals surface area contributed by atoms with Crippen molar-refractivity contribution in [2.75, 3.05) is 38.4 Å². The number of benzene rings is 6. The van der Waals surface area contributed by atoms with Gasteiger partial charge in [0.25, 0.3) is 0 Å². The van der Waals surface area contributed by atoms with Crippen LogP contribution in [0.25, 0.3) is 0 Å². The van der Waals surface area contributed by atoms with Crippen LogP contribution in [0.5, 0.6) is 46.0 Å². The van der Waals surface area contributed by atoms with Crippen molar-refractivity contribution in [3.05, 3.63) is 183 Å². The summed E-state index contributed by atoms with van der Waals surface area (Å²) in [5, 5.41) is 12.1. The summed E-state index contributed by atoms with van der Waals surface area (Å²) in [6.07, 6.45) is 4.47. The number of hydrogen-bond acceptors (Lipinski definition) is 8. The lowest BCUT2D eigenvalue weighted by molar-refractivity contribution is 0.247. The Morgan fingerprint density at radius 2 is 0.817 bits per heavy atom. The Labute approximate surface area is 468 Å². The molecule has 0 amide bonds. The van der Waals surface area contributed by atoms with Crippen LogP contribution in [0.4, 0.5) is 8.78 Å². The third kappa shape index (κ3) is 22.2. The topological polar surface area (TPSA) is 84.8 Å². The molecular formula is C50H41BrCl10F2O8. The van der Waals surface area contributed by atoms with Gasteiger partial charge in [0.15, 0.2) is 11.5 Å². The van der Waals surface area contributed by atoms with Gasteiger partial charge in [0.1, 0.15) is 81.5 Å². The molecule has 0 aromatic heterocycles. The van der Waals surface area contributed by atoms with E-state index >= 15 is 0 Å². The van der Waals surface area contributed by atoms with Gasteiger partial charge in [0.05, 0.1) is 50.0 Å². The van der Waals surface area contributed by atoms with Crippen molar-refractivity contribution < 1.29 is 47.0 Å². The molecule has 71 heavy (non-hydrogen) atoms. The van der Waals surface area contributed by atoms with Gasteiger partial charge >= 0.3 is 0 Å². The van der Waals surface area contributed by atoms with Crippen LogP contribution < -0.4 is 33.2 Å². The summed E-state index contributed by atoms with van der Waals surface area (Å²) >= 11 is 61.9. The molecular weight excluding hydrogens is 1200 g/mol. The maximum Gasteiger partial charge on any atom is 0.156 e. The van der Waals surface area contributed by atoms with E-state index in [1.54, 1.807) is 84.9 Å². The van der Waals surface area contributed by atoms with Crippen molar-refractivity contribution in [3.63, 3.8) is 0 Å². The summed E-state index contributed by atoms with van der Waals surface area (Å²) in [5.74, 6) is 2.94. The van der Waals surface area contributed by atoms with Gasteiger partial charge in [-0.15, -0.1) is 0 Å². The number of phenolic OH excluding ortho intramolecular Hbond substituents is 1. The molecule has 8 nitrogen and oxygen atoms in total. The number of phenols is 1. The van der Waals surface area contributed by atoms with Crippen LogP contribution in [0, 0.1) is 11.6 Å². The third-order valence-electron chi connectivity index (χ3n) is 8.80. The van der Waals surface area contributed by atoms with Crippen molar-refractivity contribution in [1.82, 2.24) is 0 Å². The van der Waals surface area contributed by atoms with Crippen LogP contribution in [0.3, 0.4) is 0 Å². The number of rotatable bonds is 22. The minimum atomic E-state index is -0.406. The number of aromatic hydroxyl groups is 1. The minimum Gasteiger partial charge on any atom is -0.508 e. The van der Waals surface area contributed by atoms with Gasteiger partial charge in [0, 0.05) is 47.1 Å². The van der Waals surface area contributed by atoms with Gasteiger partial charge in [-0.1, -0.05) is 144 Å². The van der Waals surface area contributed by atoms with Crippen molar-refractivity contribution in [3.8, 4) is 46.0 Å². The van der Waals surface area contributed by atoms with Crippen LogP contribution in [-0.2, 0) is 13.2 Å². The fourth-order valence-corrected chi connectivity index (χ4v) is 7.46. The van der Waals surface area contributed by atoms with Gasteiger partial charge in [0.2, 0.25) is 0 Å². The largest absolute Gasteiger partial charge is 0.508 e. The van der Waals surface area contributed by atoms with Crippen molar-refractivity contribution in [2.24, 2.45) is 0 Å². The lowest BCUT2D eigenvalue weighted by atomic mass is 10.2. The summed E-state index contributed by atoms with van der Waals surface area (Å²) in [4.78, 5) is 0. The Hall–Kier alpha value is -3.56. The first kappa shape index (κ1) is 60.0. The van der Waals surface area contributed by atoms with Crippen molar-refractivity contribution in [2.45, 2.75) is 26.1 Å². The summed E-state index contributed by atoms with van der Waals surface area (Å²) < 4.78 is 66.2. The molecule has 0 saturated heterocycles. The Morgan fingerprint density at radius 3 is 1.20 bits per heavy atom. The fourth-order valence-electron chi connectivity index (χ4n) is 5.40. The molecule has 21 heteroatoms. The maximum atomic E-state index is 13.8. The Bertz CT molecular complexity index is 2570. The summed E-state index contributed by atoms with van der Waals surface area (Å²) in [6.45, 7) is 1.78. The molecule has 0 heterocycles. The van der Waals surface area contributed by atoms with Gasteiger partial charge in [-0.2, -0.15) is 0 Å². The summed E-state index contributed by atoms with van der Waals surface area (Å²) in [7, 11) is 0. The van der Waals surface area contributed by atoms with E-state index < -0.39 is 11.6 Å². The molecule has 1 N–H and O–H groups in total. The van der Waals surface area contributed by atoms with E-state index in [4.69, 9.17) is 154 Å². The average molecular weight is 1240 g/mol. The predicted octanol–water partition coefficient (Wildman–Crippen LogP) is 18.5. The second kappa shape index (κ2) is 32.6. The molecule has 0 saturated carbocycles. The van der Waals surface area contributed by atoms with Gasteiger partial charge in [-0.3, -0.25) is 0 Å². The van der Waals surface area contributed by atoms with E-state index in [9.17, 15) is 8.78 Å². The van der Waals surface area contributed by atoms with Crippen LogP contribution >= 0.6 is 132 Å². The smallest absolute Gasteiger partial charge is 0.156 e. The standard InChI is InChI=1S/C25H20Cl5FO4.C13H10ClFO2.C12H11BrCl4O2/c26-20-3-1-4-23(31)19(20)15-35-17-7-5-16(6-8-17)32-10-2-11-34-25-21(27)13-18(14-22(25)28)33-12-9-24(29)30;14-12-2-1-3-13(15)11(12)8-17-10-6-4-9(16)5-7-10;13-3-1-4-19-12-9(14)6-8(7-10(12)15)18-5-2-11(16)17/h1,3-9,13-14H,2,10-12,15H2;1-7,16H,8H2;2,6-7H,1,3-5H2. The van der Waals surface area contributed by atoms with Crippen molar-refractivity contribution in [1.29, 1.82) is 0 Å². The molecule has 6 aromatic carbocycles. The number of halogens is 13. The van der Waals surface area contributed by atoms with E-state index in [0.717, 1.165) is 11.8 Å². The van der Waals surface area contributed by atoms with Crippen LogP contribution in [-0.4, -0.2) is 43.5 Å². The number of ether oxygens (including phenoxy) is 7. The SMILES string of the molecule is ClC(Cl)=CCOc1cc(Cl)c(OCCCBr)c(Cl)c1.Fc1cccc(Cl)c1COc1ccc(OCCCOc2c(Cl)cc(OCC=C(Cl)Cl)cc2Cl)cc1.Oc1ccc(OCc2c(F)cccc2Cl)cc1. The van der Waals surface area contributed by atoms with Crippen molar-refractivity contribution >= 4 is 132 Å². The molecule has 0 spiro atoms. The van der Waals surface area contributed by atoms with Crippen LogP contribution in [0.15, 0.2) is 130 Å². The first-order valence-corrected chi connectivity index (χ1v) is 25.7. The zero-order chi connectivity index (χ0) is 51.7. The summed E-state index contributed by atoms with van der Waals surface area (Å²) in [6, 6.07) is 28.7. The Kier molecular flexibility index (Phi) is 27.5. The molecule has 0 fully saturated rings. The highest BCUT2D eigenvalue weighted by atomic mass is 79.9. The molecule has 0 aliphatic heterocycles. The molecule has 0 radical (unpaired) electrons. The van der Waals surface area contributed by atoms with Crippen LogP contribution in [0.2, 0.25) is 30.1 Å². The van der Waals surface area contributed by atoms with Gasteiger partial charge < -0.3 is 38.3 Å². The first-order valence-electron chi connectivity index (χ1n) is 20.7. The zero-order valence-electron chi connectivity index (χ0n) is 36.8. The maximum absolute atomic E-state index is 13.8. The average Bonchev–Trinajstić information content (AvgIpc) is 3.31. The highest BCUT2D eigenvalue weighted by molar-refractivity contribution is 9.09. The van der Waals surface area contributed by atoms with E-state index in [-0.39, 0.29) is 41.2 Å². The second-order valence-electron chi connectivity index (χ2n) is 13.9. The minimum absolute atomic E-state index is 0.0279. The number of alkyl halides is 1. The second-order valence-corrected chi connectivity index (χ2v) is 19.2. The van der Waals surface area contributed by atoms with E-state index in [2.05, 4.69) is 15.9 Å². The quantitative estimate of drug-likeness (QED) is 0.0532. The molecule has 380 valence electrons. The first-order chi connectivity index (χ1) is 34.0. The third-order valence-corrected chi connectivity index (χ3v) is 11.8. The monoisotopic (exact) mass is 1240 g/mol. The predicted molar refractivity (Wildman–Crippen MR) is 289 cm³/mol. The zero-order valence-corrected chi connectivity index (χ0v) is 46.0. The molecule has 6 rings (SSSR count). The Balaban J connectivity index is 0.000000256. The lowest BCUT2D eigenvalue weighted by Crippen LogP contribution is -2.06. The van der Waals surface area contributed by atoms with E-state index in [0.29, 0.717) is 108 Å². The van der Waals surface area contributed by atoms with E-state index in [1.807, 2.05) is 0 Å². The molecule has 0 bridgehead atoms. The molecule has 0 aliphatic carbocycles. The molecule has 0 aliphatic rings. The normalized spacial score (nSPS) is 10.4. The lowest BCUT2D eigenvalue weighted by Gasteiger charge is -2.13.